The molecule has 0 radical (unpaired) electrons. The van der Waals surface area contributed by atoms with Gasteiger partial charge in [-0.05, 0) is 42.4 Å². The van der Waals surface area contributed by atoms with Crippen LogP contribution in [0.15, 0.2) is 51.1 Å². The molecule has 0 aliphatic heterocycles. The zero-order valence-corrected chi connectivity index (χ0v) is 11.8. The van der Waals surface area contributed by atoms with E-state index in [0.717, 1.165) is 11.1 Å². The molecule has 2 heterocycles. The van der Waals surface area contributed by atoms with Gasteiger partial charge in [0.2, 0.25) is 5.89 Å². The van der Waals surface area contributed by atoms with Crippen molar-refractivity contribution in [1.82, 2.24) is 20.4 Å². The summed E-state index contributed by atoms with van der Waals surface area (Å²) in [5.41, 5.74) is 2.24. The molecule has 0 N–H and O–H groups in total. The summed E-state index contributed by atoms with van der Waals surface area (Å²) in [5, 5.41) is 25.3. The Bertz CT molecular complexity index is 807. The Morgan fingerprint density at radius 2 is 1.90 bits per heavy atom. The van der Waals surface area contributed by atoms with Crippen molar-refractivity contribution in [3.05, 3.63) is 47.7 Å². The minimum atomic E-state index is 0.269. The minimum Gasteiger partial charge on any atom is -0.411 e. The van der Waals surface area contributed by atoms with Crippen molar-refractivity contribution in [3.8, 4) is 17.5 Å². The SMILES string of the molecule is Cc1ccccc1-c1nnc(Sc2ccc(C#N)nn2)o1. The molecule has 0 atom stereocenters. The van der Waals surface area contributed by atoms with E-state index in [0.29, 0.717) is 16.1 Å². The molecule has 6 nitrogen and oxygen atoms in total. The molecule has 0 saturated heterocycles. The monoisotopic (exact) mass is 295 g/mol. The summed E-state index contributed by atoms with van der Waals surface area (Å²) in [4.78, 5) is 0. The van der Waals surface area contributed by atoms with Crippen LogP contribution < -0.4 is 0 Å². The summed E-state index contributed by atoms with van der Waals surface area (Å²) in [6, 6.07) is 13.0. The molecule has 0 aliphatic rings. The Hall–Kier alpha value is -2.72. The Balaban J connectivity index is 1.82. The maximum absolute atomic E-state index is 8.67. The Kier molecular flexibility index (Phi) is 3.62. The van der Waals surface area contributed by atoms with E-state index in [1.165, 1.54) is 11.8 Å². The van der Waals surface area contributed by atoms with E-state index in [1.54, 1.807) is 12.1 Å². The average molecular weight is 295 g/mol. The van der Waals surface area contributed by atoms with Crippen LogP contribution in [0.1, 0.15) is 11.3 Å². The number of rotatable bonds is 3. The van der Waals surface area contributed by atoms with Gasteiger partial charge < -0.3 is 4.42 Å². The average Bonchev–Trinajstić information content (AvgIpc) is 2.97. The summed E-state index contributed by atoms with van der Waals surface area (Å²) >= 11 is 1.20. The molecule has 3 rings (SSSR count). The molecule has 21 heavy (non-hydrogen) atoms. The maximum Gasteiger partial charge on any atom is 0.283 e. The topological polar surface area (TPSA) is 88.5 Å². The fourth-order valence-electron chi connectivity index (χ4n) is 1.70. The van der Waals surface area contributed by atoms with Gasteiger partial charge in [-0.3, -0.25) is 0 Å². The standard InChI is InChI=1S/C14H9N5OS/c1-9-4-2-3-5-11(9)13-18-19-14(20-13)21-12-7-6-10(8-15)16-17-12/h2-7H,1H3. The molecule has 1 aromatic carbocycles. The highest BCUT2D eigenvalue weighted by molar-refractivity contribution is 7.99. The zero-order valence-electron chi connectivity index (χ0n) is 11.0. The molecule has 3 aromatic rings. The lowest BCUT2D eigenvalue weighted by atomic mass is 10.1. The molecule has 0 fully saturated rings. The van der Waals surface area contributed by atoms with Crippen molar-refractivity contribution in [2.24, 2.45) is 0 Å². The summed E-state index contributed by atoms with van der Waals surface area (Å²) in [5.74, 6) is 0.470. The van der Waals surface area contributed by atoms with E-state index in [-0.39, 0.29) is 5.69 Å². The summed E-state index contributed by atoms with van der Waals surface area (Å²) in [7, 11) is 0. The molecule has 0 unspecified atom stereocenters. The number of hydrogen-bond acceptors (Lipinski definition) is 7. The highest BCUT2D eigenvalue weighted by atomic mass is 32.2. The van der Waals surface area contributed by atoms with Gasteiger partial charge in [-0.1, -0.05) is 18.2 Å². The van der Waals surface area contributed by atoms with Gasteiger partial charge in [0.1, 0.15) is 11.1 Å². The summed E-state index contributed by atoms with van der Waals surface area (Å²) in [6.45, 7) is 1.98. The van der Waals surface area contributed by atoms with Crippen LogP contribution in [0.5, 0.6) is 0 Å². The van der Waals surface area contributed by atoms with E-state index in [9.17, 15) is 0 Å². The van der Waals surface area contributed by atoms with E-state index in [2.05, 4.69) is 20.4 Å². The molecular formula is C14H9N5OS. The molecule has 0 aliphatic carbocycles. The number of aryl methyl sites for hydroxylation is 1. The predicted molar refractivity (Wildman–Crippen MR) is 75.3 cm³/mol. The first-order valence-corrected chi connectivity index (χ1v) is 6.89. The van der Waals surface area contributed by atoms with Crippen LogP contribution in [0, 0.1) is 18.3 Å². The lowest BCUT2D eigenvalue weighted by Crippen LogP contribution is -1.88. The van der Waals surface area contributed by atoms with E-state index < -0.39 is 0 Å². The Morgan fingerprint density at radius 3 is 2.62 bits per heavy atom. The van der Waals surface area contributed by atoms with E-state index in [4.69, 9.17) is 9.68 Å². The first-order valence-electron chi connectivity index (χ1n) is 6.07. The molecule has 0 saturated carbocycles. The highest BCUT2D eigenvalue weighted by Crippen LogP contribution is 2.28. The van der Waals surface area contributed by atoms with Gasteiger partial charge in [-0.2, -0.15) is 5.26 Å². The third-order valence-electron chi connectivity index (χ3n) is 2.73. The molecule has 2 aromatic heterocycles. The van der Waals surface area contributed by atoms with Gasteiger partial charge in [0.15, 0.2) is 5.69 Å². The van der Waals surface area contributed by atoms with Crippen LogP contribution in [-0.4, -0.2) is 20.4 Å². The largest absolute Gasteiger partial charge is 0.411 e. The number of nitriles is 1. The number of benzene rings is 1. The van der Waals surface area contributed by atoms with Gasteiger partial charge in [-0.15, -0.1) is 20.4 Å². The van der Waals surface area contributed by atoms with Gasteiger partial charge in [0.25, 0.3) is 5.22 Å². The van der Waals surface area contributed by atoms with Gasteiger partial charge >= 0.3 is 0 Å². The van der Waals surface area contributed by atoms with Crippen LogP contribution in [0.3, 0.4) is 0 Å². The van der Waals surface area contributed by atoms with Gasteiger partial charge in [0.05, 0.1) is 0 Å². The molecular weight excluding hydrogens is 286 g/mol. The van der Waals surface area contributed by atoms with Crippen LogP contribution in [0.25, 0.3) is 11.5 Å². The second-order valence-electron chi connectivity index (χ2n) is 4.16. The van der Waals surface area contributed by atoms with Gasteiger partial charge in [-0.25, -0.2) is 0 Å². The van der Waals surface area contributed by atoms with Crippen LogP contribution in [0.2, 0.25) is 0 Å². The van der Waals surface area contributed by atoms with Crippen LogP contribution in [-0.2, 0) is 0 Å². The molecule has 0 amide bonds. The second-order valence-corrected chi connectivity index (χ2v) is 5.13. The van der Waals surface area contributed by atoms with Crippen molar-refractivity contribution in [2.45, 2.75) is 17.2 Å². The third-order valence-corrected chi connectivity index (χ3v) is 3.49. The number of nitrogens with zero attached hydrogens (tertiary/aromatic N) is 5. The van der Waals surface area contributed by atoms with Crippen LogP contribution >= 0.6 is 11.8 Å². The van der Waals surface area contributed by atoms with Crippen molar-refractivity contribution < 1.29 is 4.42 Å². The fourth-order valence-corrected chi connectivity index (χ4v) is 2.30. The maximum atomic E-state index is 8.67. The first-order chi connectivity index (χ1) is 10.3. The van der Waals surface area contributed by atoms with Gasteiger partial charge in [0, 0.05) is 5.56 Å². The summed E-state index contributed by atoms with van der Waals surface area (Å²) in [6.07, 6.45) is 0. The van der Waals surface area contributed by atoms with Crippen LogP contribution in [0.4, 0.5) is 0 Å². The third kappa shape index (κ3) is 2.90. The predicted octanol–water partition coefficient (Wildman–Crippen LogP) is 2.86. The van der Waals surface area contributed by atoms with E-state index in [1.807, 2.05) is 37.3 Å². The lowest BCUT2D eigenvalue weighted by molar-refractivity contribution is 0.465. The smallest absolute Gasteiger partial charge is 0.283 e. The zero-order chi connectivity index (χ0) is 14.7. The molecule has 102 valence electrons. The summed E-state index contributed by atoms with van der Waals surface area (Å²) < 4.78 is 5.62. The lowest BCUT2D eigenvalue weighted by Gasteiger charge is -1.98. The fraction of sp³-hybridized carbons (Fsp3) is 0.0714. The van der Waals surface area contributed by atoms with Crippen molar-refractivity contribution in [3.63, 3.8) is 0 Å². The normalized spacial score (nSPS) is 10.3. The number of hydrogen-bond donors (Lipinski definition) is 0. The minimum absolute atomic E-state index is 0.269. The Morgan fingerprint density at radius 1 is 1.05 bits per heavy atom. The van der Waals surface area contributed by atoms with Crippen molar-refractivity contribution >= 4 is 11.8 Å². The number of aromatic nitrogens is 4. The highest BCUT2D eigenvalue weighted by Gasteiger charge is 2.12. The van der Waals surface area contributed by atoms with Crippen molar-refractivity contribution in [1.29, 1.82) is 5.26 Å². The van der Waals surface area contributed by atoms with Crippen molar-refractivity contribution in [2.75, 3.05) is 0 Å². The molecule has 0 bridgehead atoms. The van der Waals surface area contributed by atoms with E-state index >= 15 is 0 Å². The first kappa shape index (κ1) is 13.3. The second kappa shape index (κ2) is 5.73. The quantitative estimate of drug-likeness (QED) is 0.734. The molecule has 7 heteroatoms. The molecule has 0 spiro atoms. The Labute approximate surface area is 124 Å².